The molecule has 1 aromatic rings. The Morgan fingerprint density at radius 1 is 1.57 bits per heavy atom. The van der Waals surface area contributed by atoms with Gasteiger partial charge in [0.05, 0.1) is 0 Å². The number of hydrogen-bond donors (Lipinski definition) is 2. The third-order valence-corrected chi connectivity index (χ3v) is 4.63. The lowest BCUT2D eigenvalue weighted by Crippen LogP contribution is -2.43. The fraction of sp³-hybridized carbons (Fsp3) is 0.533. The van der Waals surface area contributed by atoms with Gasteiger partial charge in [-0.25, -0.2) is 4.79 Å². The van der Waals surface area contributed by atoms with Gasteiger partial charge in [0, 0.05) is 36.2 Å². The zero-order valence-electron chi connectivity index (χ0n) is 12.1. The molecule has 21 heavy (non-hydrogen) atoms. The topological polar surface area (TPSA) is 52.6 Å². The summed E-state index contributed by atoms with van der Waals surface area (Å²) < 4.78 is 0. The smallest absolute Gasteiger partial charge is 0.321 e. The number of nitrogens with zero attached hydrogens (tertiary/aromatic N) is 1. The number of urea groups is 1. The van der Waals surface area contributed by atoms with E-state index in [4.69, 9.17) is 11.6 Å². The molecule has 2 N–H and O–H groups in total. The molecule has 2 amide bonds. The van der Waals surface area contributed by atoms with Crippen molar-refractivity contribution in [3.8, 4) is 0 Å². The molecule has 116 valence electrons. The summed E-state index contributed by atoms with van der Waals surface area (Å²) >= 11 is 7.83. The maximum absolute atomic E-state index is 12.3. The molecule has 1 aliphatic rings. The van der Waals surface area contributed by atoms with E-state index in [0.29, 0.717) is 6.54 Å². The quantitative estimate of drug-likeness (QED) is 0.890. The Labute approximate surface area is 134 Å². The first-order valence-electron chi connectivity index (χ1n) is 7.08. The number of carbonyl (C=O) groups excluding carboxylic acids is 1. The minimum Gasteiger partial charge on any atom is -0.396 e. The Morgan fingerprint density at radius 3 is 3.10 bits per heavy atom. The molecule has 0 radical (unpaired) electrons. The van der Waals surface area contributed by atoms with Gasteiger partial charge in [-0.15, -0.1) is 0 Å². The van der Waals surface area contributed by atoms with Gasteiger partial charge in [-0.3, -0.25) is 0 Å². The number of thioether (sulfide) groups is 1. The van der Waals surface area contributed by atoms with Crippen molar-refractivity contribution in [1.82, 2.24) is 4.90 Å². The third kappa shape index (κ3) is 4.53. The SMILES string of the molecule is CSCc1cc(NC(=O)N2CCC[C@H](CO)C2)ccc1Cl. The highest BCUT2D eigenvalue weighted by Crippen LogP contribution is 2.24. The van der Waals surface area contributed by atoms with Crippen molar-refractivity contribution in [3.63, 3.8) is 0 Å². The number of nitrogens with one attached hydrogen (secondary N) is 1. The van der Waals surface area contributed by atoms with Crippen molar-refractivity contribution < 1.29 is 9.90 Å². The molecule has 1 aromatic carbocycles. The number of aliphatic hydroxyl groups excluding tert-OH is 1. The molecule has 0 aromatic heterocycles. The maximum atomic E-state index is 12.3. The number of halogens is 1. The van der Waals surface area contributed by atoms with Crippen LogP contribution in [0.4, 0.5) is 10.5 Å². The summed E-state index contributed by atoms with van der Waals surface area (Å²) in [6.45, 7) is 1.50. The van der Waals surface area contributed by atoms with Gasteiger partial charge in [0.2, 0.25) is 0 Å². The summed E-state index contributed by atoms with van der Waals surface area (Å²) in [6, 6.07) is 5.45. The van der Waals surface area contributed by atoms with Gasteiger partial charge in [-0.1, -0.05) is 11.6 Å². The molecule has 1 heterocycles. The summed E-state index contributed by atoms with van der Waals surface area (Å²) in [7, 11) is 0. The minimum atomic E-state index is -0.106. The predicted octanol–water partition coefficient (Wildman–Crippen LogP) is 3.44. The Hall–Kier alpha value is -0.910. The number of hydrogen-bond acceptors (Lipinski definition) is 3. The van der Waals surface area contributed by atoms with Crippen molar-refractivity contribution >= 4 is 35.1 Å². The highest BCUT2D eigenvalue weighted by molar-refractivity contribution is 7.97. The molecule has 0 unspecified atom stereocenters. The summed E-state index contributed by atoms with van der Waals surface area (Å²) in [6.07, 6.45) is 3.94. The normalized spacial score (nSPS) is 18.6. The average molecular weight is 329 g/mol. The van der Waals surface area contributed by atoms with Crippen LogP contribution in [0, 0.1) is 5.92 Å². The van der Waals surface area contributed by atoms with Crippen LogP contribution in [-0.2, 0) is 5.75 Å². The predicted molar refractivity (Wildman–Crippen MR) is 89.1 cm³/mol. The van der Waals surface area contributed by atoms with Crippen molar-refractivity contribution in [2.24, 2.45) is 5.92 Å². The number of benzene rings is 1. The van der Waals surface area contributed by atoms with Crippen LogP contribution in [0.1, 0.15) is 18.4 Å². The maximum Gasteiger partial charge on any atom is 0.321 e. The van der Waals surface area contributed by atoms with E-state index in [1.807, 2.05) is 24.5 Å². The molecule has 2 rings (SSSR count). The van der Waals surface area contributed by atoms with Crippen LogP contribution in [-0.4, -0.2) is 42.0 Å². The van der Waals surface area contributed by atoms with Crippen molar-refractivity contribution in [2.75, 3.05) is 31.3 Å². The van der Waals surface area contributed by atoms with Gasteiger partial charge in [-0.2, -0.15) is 11.8 Å². The Balaban J connectivity index is 2.00. The molecule has 4 nitrogen and oxygen atoms in total. The summed E-state index contributed by atoms with van der Waals surface area (Å²) in [5.41, 5.74) is 1.79. The number of piperidine rings is 1. The lowest BCUT2D eigenvalue weighted by molar-refractivity contribution is 0.136. The number of likely N-dealkylation sites (tertiary alicyclic amines) is 1. The fourth-order valence-corrected chi connectivity index (χ4v) is 3.33. The van der Waals surface area contributed by atoms with Gasteiger partial charge >= 0.3 is 6.03 Å². The van der Waals surface area contributed by atoms with Crippen LogP contribution in [0.3, 0.4) is 0 Å². The van der Waals surface area contributed by atoms with E-state index in [2.05, 4.69) is 5.32 Å². The van der Waals surface area contributed by atoms with Crippen LogP contribution in [0.25, 0.3) is 0 Å². The number of anilines is 1. The number of amides is 2. The van der Waals surface area contributed by atoms with Gasteiger partial charge in [0.1, 0.15) is 0 Å². The van der Waals surface area contributed by atoms with E-state index >= 15 is 0 Å². The van der Waals surface area contributed by atoms with Crippen LogP contribution in [0.5, 0.6) is 0 Å². The molecule has 6 heteroatoms. The Morgan fingerprint density at radius 2 is 2.38 bits per heavy atom. The van der Waals surface area contributed by atoms with Crippen LogP contribution in [0.15, 0.2) is 18.2 Å². The average Bonchev–Trinajstić information content (AvgIpc) is 2.51. The first kappa shape index (κ1) is 16.5. The van der Waals surface area contributed by atoms with E-state index in [9.17, 15) is 9.90 Å². The van der Waals surface area contributed by atoms with Crippen molar-refractivity contribution in [3.05, 3.63) is 28.8 Å². The lowest BCUT2D eigenvalue weighted by atomic mass is 9.99. The van der Waals surface area contributed by atoms with Gasteiger partial charge in [0.15, 0.2) is 0 Å². The number of carbonyl (C=O) groups is 1. The molecule has 1 aliphatic heterocycles. The minimum absolute atomic E-state index is 0.106. The van der Waals surface area contributed by atoms with E-state index in [1.54, 1.807) is 16.7 Å². The molecule has 1 saturated heterocycles. The van der Waals surface area contributed by atoms with Crippen molar-refractivity contribution in [2.45, 2.75) is 18.6 Å². The molecular formula is C15H21ClN2O2S. The monoisotopic (exact) mass is 328 g/mol. The first-order chi connectivity index (χ1) is 10.1. The summed E-state index contributed by atoms with van der Waals surface area (Å²) in [5.74, 6) is 1.01. The van der Waals surface area contributed by atoms with Crippen LogP contribution in [0.2, 0.25) is 5.02 Å². The first-order valence-corrected chi connectivity index (χ1v) is 8.85. The fourth-order valence-electron chi connectivity index (χ4n) is 2.52. The molecular weight excluding hydrogens is 308 g/mol. The zero-order chi connectivity index (χ0) is 15.2. The number of aliphatic hydroxyl groups is 1. The summed E-state index contributed by atoms with van der Waals surface area (Å²) in [5, 5.41) is 12.9. The van der Waals surface area contributed by atoms with Crippen molar-refractivity contribution in [1.29, 1.82) is 0 Å². The van der Waals surface area contributed by atoms with E-state index in [0.717, 1.165) is 41.4 Å². The highest BCUT2D eigenvalue weighted by Gasteiger charge is 2.23. The van der Waals surface area contributed by atoms with E-state index in [1.165, 1.54) is 0 Å². The number of rotatable bonds is 4. The van der Waals surface area contributed by atoms with Crippen LogP contribution < -0.4 is 5.32 Å². The molecule has 0 saturated carbocycles. The molecule has 0 spiro atoms. The van der Waals surface area contributed by atoms with E-state index in [-0.39, 0.29) is 18.6 Å². The van der Waals surface area contributed by atoms with E-state index < -0.39 is 0 Å². The highest BCUT2D eigenvalue weighted by atomic mass is 35.5. The second-order valence-corrected chi connectivity index (χ2v) is 6.58. The van der Waals surface area contributed by atoms with Gasteiger partial charge < -0.3 is 15.3 Å². The van der Waals surface area contributed by atoms with Crippen LogP contribution >= 0.6 is 23.4 Å². The van der Waals surface area contributed by atoms with Gasteiger partial charge in [-0.05, 0) is 48.8 Å². The molecule has 1 atom stereocenters. The molecule has 1 fully saturated rings. The zero-order valence-corrected chi connectivity index (χ0v) is 13.7. The Bertz CT molecular complexity index is 499. The molecule has 0 bridgehead atoms. The van der Waals surface area contributed by atoms with Gasteiger partial charge in [0.25, 0.3) is 0 Å². The molecule has 0 aliphatic carbocycles. The second-order valence-electron chi connectivity index (χ2n) is 5.31. The second kappa shape index (κ2) is 7.92. The standard InChI is InChI=1S/C15H21ClN2O2S/c1-21-10-12-7-13(4-5-14(12)16)17-15(20)18-6-2-3-11(8-18)9-19/h4-5,7,11,19H,2-3,6,8-10H2,1H3,(H,17,20)/t11-/m0/s1. The Kier molecular flexibility index (Phi) is 6.21. The largest absolute Gasteiger partial charge is 0.396 e. The third-order valence-electron chi connectivity index (χ3n) is 3.66. The lowest BCUT2D eigenvalue weighted by Gasteiger charge is -2.31. The summed E-state index contributed by atoms with van der Waals surface area (Å²) in [4.78, 5) is 14.0.